The predicted octanol–water partition coefficient (Wildman–Crippen LogP) is 4.73. The molecule has 126 valence electrons. The van der Waals surface area contributed by atoms with Gasteiger partial charge in [0.1, 0.15) is 0 Å². The number of aromatic nitrogens is 1. The maximum atomic E-state index is 9.57. The van der Waals surface area contributed by atoms with E-state index in [0.29, 0.717) is 6.54 Å². The molecule has 0 aliphatic heterocycles. The summed E-state index contributed by atoms with van der Waals surface area (Å²) in [6, 6.07) is 16.7. The van der Waals surface area contributed by atoms with Gasteiger partial charge in [-0.05, 0) is 38.5 Å². The van der Waals surface area contributed by atoms with Gasteiger partial charge in [-0.1, -0.05) is 42.0 Å². The van der Waals surface area contributed by atoms with Gasteiger partial charge in [0.15, 0.2) is 0 Å². The minimum atomic E-state index is -0.397. The highest BCUT2D eigenvalue weighted by atomic mass is 35.5. The third kappa shape index (κ3) is 4.05. The van der Waals surface area contributed by atoms with Gasteiger partial charge in [0.05, 0.1) is 17.3 Å². The molecule has 0 amide bonds. The van der Waals surface area contributed by atoms with Gasteiger partial charge in [0, 0.05) is 23.2 Å². The van der Waals surface area contributed by atoms with Crippen LogP contribution in [0.3, 0.4) is 0 Å². The van der Waals surface area contributed by atoms with Crippen LogP contribution in [0.25, 0.3) is 22.2 Å². The summed E-state index contributed by atoms with van der Waals surface area (Å²) in [4.78, 5) is 4.82. The van der Waals surface area contributed by atoms with Crippen molar-refractivity contribution in [2.45, 2.75) is 26.9 Å². The molecule has 0 aliphatic carbocycles. The summed E-state index contributed by atoms with van der Waals surface area (Å²) in [5.41, 5.74) is 6.43. The van der Waals surface area contributed by atoms with Crippen LogP contribution in [0.5, 0.6) is 0 Å². The standard InChI is InChI=1S/C20H22N2O.ClH/c1-13-4-7-16(8-5-13)18-11-19(21-12-15(3)23)17-9-6-14(2)10-20(17)22-18;/h4-11,15,23H,12H2,1-3H3,(H,21,22);1H. The number of nitrogens with zero attached hydrogens (tertiary/aromatic N) is 1. The third-order valence-corrected chi connectivity index (χ3v) is 3.90. The molecule has 2 aromatic carbocycles. The van der Waals surface area contributed by atoms with E-state index < -0.39 is 6.10 Å². The molecule has 4 heteroatoms. The average molecular weight is 343 g/mol. The van der Waals surface area contributed by atoms with Crippen molar-refractivity contribution in [3.63, 3.8) is 0 Å². The number of hydrogen-bond acceptors (Lipinski definition) is 3. The summed E-state index contributed by atoms with van der Waals surface area (Å²) >= 11 is 0. The Morgan fingerprint density at radius 3 is 2.33 bits per heavy atom. The third-order valence-electron chi connectivity index (χ3n) is 3.90. The van der Waals surface area contributed by atoms with E-state index in [0.717, 1.165) is 27.8 Å². The van der Waals surface area contributed by atoms with Gasteiger partial charge >= 0.3 is 0 Å². The Balaban J connectivity index is 0.00000208. The maximum absolute atomic E-state index is 9.57. The van der Waals surface area contributed by atoms with Crippen molar-refractivity contribution in [3.8, 4) is 11.3 Å². The Bertz CT molecular complexity index is 829. The molecule has 0 fully saturated rings. The first-order valence-electron chi connectivity index (χ1n) is 7.93. The fourth-order valence-electron chi connectivity index (χ4n) is 2.61. The Hall–Kier alpha value is -2.10. The monoisotopic (exact) mass is 342 g/mol. The van der Waals surface area contributed by atoms with Crippen LogP contribution in [0, 0.1) is 13.8 Å². The van der Waals surface area contributed by atoms with Gasteiger partial charge < -0.3 is 10.4 Å². The maximum Gasteiger partial charge on any atom is 0.0732 e. The quantitative estimate of drug-likeness (QED) is 0.720. The molecule has 3 nitrogen and oxygen atoms in total. The molecule has 1 aromatic heterocycles. The van der Waals surface area contributed by atoms with Crippen molar-refractivity contribution in [1.82, 2.24) is 4.98 Å². The second kappa shape index (κ2) is 7.65. The van der Waals surface area contributed by atoms with E-state index in [1.54, 1.807) is 6.92 Å². The van der Waals surface area contributed by atoms with Crippen molar-refractivity contribution in [1.29, 1.82) is 0 Å². The van der Waals surface area contributed by atoms with E-state index in [2.05, 4.69) is 67.7 Å². The number of benzene rings is 2. The topological polar surface area (TPSA) is 45.1 Å². The van der Waals surface area contributed by atoms with Crippen LogP contribution >= 0.6 is 12.4 Å². The van der Waals surface area contributed by atoms with Gasteiger partial charge in [-0.15, -0.1) is 12.4 Å². The molecular formula is C20H23ClN2O. The van der Waals surface area contributed by atoms with Crippen LogP contribution in [0.15, 0.2) is 48.5 Å². The lowest BCUT2D eigenvalue weighted by Gasteiger charge is -2.14. The van der Waals surface area contributed by atoms with Gasteiger partial charge in [-0.3, -0.25) is 0 Å². The summed E-state index contributed by atoms with van der Waals surface area (Å²) in [5, 5.41) is 14.0. The molecule has 3 rings (SSSR count). The molecule has 1 heterocycles. The van der Waals surface area contributed by atoms with E-state index in [4.69, 9.17) is 4.98 Å². The number of aliphatic hydroxyl groups excluding tert-OH is 1. The van der Waals surface area contributed by atoms with Gasteiger partial charge in [0.2, 0.25) is 0 Å². The number of fused-ring (bicyclic) bond motifs is 1. The van der Waals surface area contributed by atoms with Crippen molar-refractivity contribution < 1.29 is 5.11 Å². The Morgan fingerprint density at radius 2 is 1.67 bits per heavy atom. The lowest BCUT2D eigenvalue weighted by atomic mass is 10.1. The van der Waals surface area contributed by atoms with Crippen molar-refractivity contribution in [2.75, 3.05) is 11.9 Å². The zero-order valence-electron chi connectivity index (χ0n) is 14.2. The van der Waals surface area contributed by atoms with Crippen molar-refractivity contribution in [2.24, 2.45) is 0 Å². The first kappa shape index (κ1) is 18.2. The molecule has 1 atom stereocenters. The van der Waals surface area contributed by atoms with Crippen LogP contribution in [0.4, 0.5) is 5.69 Å². The minimum absolute atomic E-state index is 0. The molecule has 1 unspecified atom stereocenters. The van der Waals surface area contributed by atoms with Crippen molar-refractivity contribution >= 4 is 29.0 Å². The Morgan fingerprint density at radius 1 is 1.00 bits per heavy atom. The summed E-state index contributed by atoms with van der Waals surface area (Å²) in [6.07, 6.45) is -0.397. The van der Waals surface area contributed by atoms with Crippen LogP contribution in [-0.4, -0.2) is 22.7 Å². The average Bonchev–Trinajstić information content (AvgIpc) is 2.52. The number of pyridine rings is 1. The number of anilines is 1. The van der Waals surface area contributed by atoms with Crippen molar-refractivity contribution in [3.05, 3.63) is 59.7 Å². The largest absolute Gasteiger partial charge is 0.392 e. The zero-order chi connectivity index (χ0) is 16.4. The molecule has 0 radical (unpaired) electrons. The SMILES string of the molecule is Cc1ccc(-c2cc(NCC(C)O)c3ccc(C)cc3n2)cc1.Cl. The van der Waals surface area contributed by atoms with E-state index in [-0.39, 0.29) is 12.4 Å². The summed E-state index contributed by atoms with van der Waals surface area (Å²) in [7, 11) is 0. The minimum Gasteiger partial charge on any atom is -0.392 e. The molecule has 2 N–H and O–H groups in total. The lowest BCUT2D eigenvalue weighted by molar-refractivity contribution is 0.208. The molecule has 0 spiro atoms. The van der Waals surface area contributed by atoms with Crippen LogP contribution < -0.4 is 5.32 Å². The molecule has 3 aromatic rings. The fourth-order valence-corrected chi connectivity index (χ4v) is 2.61. The lowest BCUT2D eigenvalue weighted by Crippen LogP contribution is -2.15. The number of nitrogens with one attached hydrogen (secondary N) is 1. The van der Waals surface area contributed by atoms with E-state index in [1.807, 2.05) is 0 Å². The van der Waals surface area contributed by atoms with Crippen LogP contribution in [0.1, 0.15) is 18.1 Å². The van der Waals surface area contributed by atoms with E-state index in [9.17, 15) is 5.11 Å². The van der Waals surface area contributed by atoms with Gasteiger partial charge in [0.25, 0.3) is 0 Å². The van der Waals surface area contributed by atoms with Gasteiger partial charge in [-0.25, -0.2) is 4.98 Å². The van der Waals surface area contributed by atoms with Gasteiger partial charge in [-0.2, -0.15) is 0 Å². The number of aryl methyl sites for hydroxylation is 2. The highest BCUT2D eigenvalue weighted by Gasteiger charge is 2.08. The molecular weight excluding hydrogens is 320 g/mol. The molecule has 0 saturated carbocycles. The first-order chi connectivity index (χ1) is 11.0. The molecule has 24 heavy (non-hydrogen) atoms. The summed E-state index contributed by atoms with van der Waals surface area (Å²) in [5.74, 6) is 0. The normalized spacial score (nSPS) is 11.8. The Labute approximate surface area is 149 Å². The highest BCUT2D eigenvalue weighted by Crippen LogP contribution is 2.29. The van der Waals surface area contributed by atoms with E-state index >= 15 is 0 Å². The number of halogens is 1. The molecule has 0 bridgehead atoms. The number of hydrogen-bond donors (Lipinski definition) is 2. The Kier molecular flexibility index (Phi) is 5.81. The fraction of sp³-hybridized carbons (Fsp3) is 0.250. The summed E-state index contributed by atoms with van der Waals surface area (Å²) in [6.45, 7) is 6.45. The van der Waals surface area contributed by atoms with E-state index in [1.165, 1.54) is 11.1 Å². The first-order valence-corrected chi connectivity index (χ1v) is 7.93. The second-order valence-electron chi connectivity index (χ2n) is 6.17. The number of aliphatic hydroxyl groups is 1. The second-order valence-corrected chi connectivity index (χ2v) is 6.17. The highest BCUT2D eigenvalue weighted by molar-refractivity contribution is 5.94. The van der Waals surface area contributed by atoms with Crippen LogP contribution in [0.2, 0.25) is 0 Å². The molecule has 0 aliphatic rings. The molecule has 0 saturated heterocycles. The summed E-state index contributed by atoms with van der Waals surface area (Å²) < 4.78 is 0. The zero-order valence-corrected chi connectivity index (χ0v) is 15.0. The smallest absolute Gasteiger partial charge is 0.0732 e. The number of rotatable bonds is 4. The van der Waals surface area contributed by atoms with Crippen LogP contribution in [-0.2, 0) is 0 Å². The predicted molar refractivity (Wildman–Crippen MR) is 104 cm³/mol.